The summed E-state index contributed by atoms with van der Waals surface area (Å²) in [4.78, 5) is 23.2. The standard InChI is InChI=1S/C18H28N2O4S2/c1-18(2,3)24-17(23)20-11-13-26-25-12-10-19-16(22)9-6-14-4-7-15(21)8-5-14/h4-5,7-8,21H,6,9-13H2,1-3H3,(H,19,22)(H,20,23). The average molecular weight is 401 g/mol. The molecular formula is C18H28N2O4S2. The number of hydrogen-bond acceptors (Lipinski definition) is 6. The summed E-state index contributed by atoms with van der Waals surface area (Å²) in [5.41, 5.74) is 0.548. The second-order valence-corrected chi connectivity index (χ2v) is 9.29. The van der Waals surface area contributed by atoms with Crippen molar-refractivity contribution in [2.75, 3.05) is 24.6 Å². The Balaban J connectivity index is 1.96. The molecule has 2 amide bonds. The number of alkyl carbamates (subject to hydrolysis) is 1. The molecule has 1 aromatic rings. The first-order chi connectivity index (χ1) is 12.3. The van der Waals surface area contributed by atoms with Crippen LogP contribution in [0.25, 0.3) is 0 Å². The van der Waals surface area contributed by atoms with Crippen molar-refractivity contribution in [3.8, 4) is 5.75 Å². The quantitative estimate of drug-likeness (QED) is 0.412. The van der Waals surface area contributed by atoms with Crippen molar-refractivity contribution < 1.29 is 19.4 Å². The molecule has 0 aliphatic carbocycles. The minimum Gasteiger partial charge on any atom is -0.508 e. The molecule has 8 heteroatoms. The smallest absolute Gasteiger partial charge is 0.407 e. The van der Waals surface area contributed by atoms with Gasteiger partial charge in [-0.05, 0) is 44.9 Å². The summed E-state index contributed by atoms with van der Waals surface area (Å²) in [6, 6.07) is 6.89. The lowest BCUT2D eigenvalue weighted by molar-refractivity contribution is -0.120. The number of nitrogens with one attached hydrogen (secondary N) is 2. The minimum atomic E-state index is -0.480. The van der Waals surface area contributed by atoms with Gasteiger partial charge in [-0.15, -0.1) is 0 Å². The van der Waals surface area contributed by atoms with Crippen molar-refractivity contribution in [1.29, 1.82) is 0 Å². The third-order valence-electron chi connectivity index (χ3n) is 3.02. The number of aromatic hydroxyl groups is 1. The van der Waals surface area contributed by atoms with E-state index in [0.29, 0.717) is 25.9 Å². The zero-order valence-corrected chi connectivity index (χ0v) is 17.2. The molecule has 0 bridgehead atoms. The minimum absolute atomic E-state index is 0.0234. The molecule has 0 radical (unpaired) electrons. The van der Waals surface area contributed by atoms with Gasteiger partial charge in [0.15, 0.2) is 0 Å². The van der Waals surface area contributed by atoms with Gasteiger partial charge in [0, 0.05) is 31.0 Å². The van der Waals surface area contributed by atoms with Gasteiger partial charge >= 0.3 is 6.09 Å². The Morgan fingerprint density at radius 1 is 1.04 bits per heavy atom. The number of carbonyl (C=O) groups excluding carboxylic acids is 2. The second-order valence-electron chi connectivity index (χ2n) is 6.59. The summed E-state index contributed by atoms with van der Waals surface area (Å²) in [5.74, 6) is 1.84. The molecule has 0 spiro atoms. The molecule has 0 saturated heterocycles. The highest BCUT2D eigenvalue weighted by Gasteiger charge is 2.15. The Morgan fingerprint density at radius 3 is 2.19 bits per heavy atom. The van der Waals surface area contributed by atoms with Crippen molar-refractivity contribution in [2.24, 2.45) is 0 Å². The van der Waals surface area contributed by atoms with Gasteiger partial charge in [-0.2, -0.15) is 0 Å². The van der Waals surface area contributed by atoms with Gasteiger partial charge in [-0.3, -0.25) is 4.79 Å². The van der Waals surface area contributed by atoms with Gasteiger partial charge in [0.25, 0.3) is 0 Å². The molecule has 3 N–H and O–H groups in total. The number of benzene rings is 1. The highest BCUT2D eigenvalue weighted by atomic mass is 33.1. The topological polar surface area (TPSA) is 87.7 Å². The second kappa shape index (κ2) is 12.0. The van der Waals surface area contributed by atoms with E-state index in [1.807, 2.05) is 32.9 Å². The first-order valence-electron chi connectivity index (χ1n) is 8.52. The number of ether oxygens (including phenoxy) is 1. The molecule has 0 heterocycles. The van der Waals surface area contributed by atoms with E-state index in [4.69, 9.17) is 4.74 Å². The van der Waals surface area contributed by atoms with Crippen LogP contribution in [0.3, 0.4) is 0 Å². The number of amides is 2. The number of phenols is 1. The number of aryl methyl sites for hydroxylation is 1. The zero-order valence-electron chi connectivity index (χ0n) is 15.5. The van der Waals surface area contributed by atoms with E-state index < -0.39 is 11.7 Å². The molecule has 0 aliphatic rings. The van der Waals surface area contributed by atoms with Gasteiger partial charge in [-0.25, -0.2) is 4.79 Å². The van der Waals surface area contributed by atoms with E-state index in [2.05, 4.69) is 10.6 Å². The first kappa shape index (κ1) is 22.5. The van der Waals surface area contributed by atoms with E-state index in [1.165, 1.54) is 0 Å². The molecule has 0 aliphatic heterocycles. The summed E-state index contributed by atoms with van der Waals surface area (Å²) < 4.78 is 5.14. The van der Waals surface area contributed by atoms with Crippen LogP contribution in [-0.2, 0) is 16.0 Å². The van der Waals surface area contributed by atoms with Crippen LogP contribution in [0.5, 0.6) is 5.75 Å². The predicted octanol–water partition coefficient (Wildman–Crippen LogP) is 3.35. The predicted molar refractivity (Wildman–Crippen MR) is 109 cm³/mol. The maximum atomic E-state index is 11.8. The SMILES string of the molecule is CC(C)(C)OC(=O)NCCSSCCNC(=O)CCc1ccc(O)cc1. The van der Waals surface area contributed by atoms with Crippen molar-refractivity contribution in [3.63, 3.8) is 0 Å². The van der Waals surface area contributed by atoms with E-state index in [1.54, 1.807) is 33.7 Å². The Morgan fingerprint density at radius 2 is 1.62 bits per heavy atom. The van der Waals surface area contributed by atoms with E-state index in [-0.39, 0.29) is 11.7 Å². The summed E-state index contributed by atoms with van der Waals surface area (Å²) in [6.45, 7) is 6.65. The van der Waals surface area contributed by atoms with Crippen LogP contribution in [0.4, 0.5) is 4.79 Å². The molecule has 0 saturated carbocycles. The molecule has 26 heavy (non-hydrogen) atoms. The molecule has 6 nitrogen and oxygen atoms in total. The molecule has 0 unspecified atom stereocenters. The average Bonchev–Trinajstić information content (AvgIpc) is 2.55. The zero-order chi connectivity index (χ0) is 19.4. The Kier molecular flexibility index (Phi) is 10.3. The summed E-state index contributed by atoms with van der Waals surface area (Å²) in [6.07, 6.45) is 0.691. The van der Waals surface area contributed by atoms with Crippen LogP contribution in [0.1, 0.15) is 32.8 Å². The molecule has 146 valence electrons. The largest absolute Gasteiger partial charge is 0.508 e. The highest BCUT2D eigenvalue weighted by Crippen LogP contribution is 2.19. The fourth-order valence-electron chi connectivity index (χ4n) is 1.87. The number of phenolic OH excluding ortho intramolecular Hbond substituents is 1. The van der Waals surface area contributed by atoms with Crippen LogP contribution in [0, 0.1) is 0 Å². The van der Waals surface area contributed by atoms with Gasteiger partial charge in [0.1, 0.15) is 11.4 Å². The van der Waals surface area contributed by atoms with Gasteiger partial charge < -0.3 is 20.5 Å². The van der Waals surface area contributed by atoms with Crippen molar-refractivity contribution in [1.82, 2.24) is 10.6 Å². The van der Waals surface area contributed by atoms with Crippen molar-refractivity contribution >= 4 is 33.6 Å². The van der Waals surface area contributed by atoms with E-state index in [9.17, 15) is 14.7 Å². The lowest BCUT2D eigenvalue weighted by atomic mass is 10.1. The van der Waals surface area contributed by atoms with Gasteiger partial charge in [0.2, 0.25) is 5.91 Å². The molecule has 0 aromatic heterocycles. The summed E-state index contributed by atoms with van der Waals surface area (Å²) >= 11 is 0. The van der Waals surface area contributed by atoms with Gasteiger partial charge in [-0.1, -0.05) is 33.7 Å². The number of carbonyl (C=O) groups is 2. The van der Waals surface area contributed by atoms with Crippen LogP contribution >= 0.6 is 21.6 Å². The van der Waals surface area contributed by atoms with Crippen LogP contribution < -0.4 is 10.6 Å². The van der Waals surface area contributed by atoms with Crippen molar-refractivity contribution in [3.05, 3.63) is 29.8 Å². The fraction of sp³-hybridized carbons (Fsp3) is 0.556. The molecule has 0 fully saturated rings. The monoisotopic (exact) mass is 400 g/mol. The third kappa shape index (κ3) is 11.9. The maximum absolute atomic E-state index is 11.8. The van der Waals surface area contributed by atoms with Crippen LogP contribution in [0.2, 0.25) is 0 Å². The van der Waals surface area contributed by atoms with E-state index in [0.717, 1.165) is 17.1 Å². The third-order valence-corrected chi connectivity index (χ3v) is 5.43. The normalized spacial score (nSPS) is 11.0. The lowest BCUT2D eigenvalue weighted by Crippen LogP contribution is -2.33. The van der Waals surface area contributed by atoms with Crippen molar-refractivity contribution in [2.45, 2.75) is 39.2 Å². The Labute approximate surface area is 163 Å². The number of hydrogen-bond donors (Lipinski definition) is 3. The van der Waals surface area contributed by atoms with E-state index >= 15 is 0 Å². The first-order valence-corrected chi connectivity index (χ1v) is 11.0. The Hall–Kier alpha value is -1.54. The van der Waals surface area contributed by atoms with Crippen LogP contribution in [-0.4, -0.2) is 47.3 Å². The Bertz CT molecular complexity index is 559. The number of rotatable bonds is 10. The maximum Gasteiger partial charge on any atom is 0.407 e. The van der Waals surface area contributed by atoms with Gasteiger partial charge in [0.05, 0.1) is 0 Å². The fourth-order valence-corrected chi connectivity index (χ4v) is 3.68. The summed E-state index contributed by atoms with van der Waals surface area (Å²) in [5, 5.41) is 14.8. The van der Waals surface area contributed by atoms with Crippen LogP contribution in [0.15, 0.2) is 24.3 Å². The molecular weight excluding hydrogens is 372 g/mol. The highest BCUT2D eigenvalue weighted by molar-refractivity contribution is 8.76. The molecule has 1 rings (SSSR count). The lowest BCUT2D eigenvalue weighted by Gasteiger charge is -2.19. The molecule has 0 atom stereocenters. The summed E-state index contributed by atoms with van der Waals surface area (Å²) in [7, 11) is 3.31. The molecule has 1 aromatic carbocycles.